The first-order valence-corrected chi connectivity index (χ1v) is 6.70. The summed E-state index contributed by atoms with van der Waals surface area (Å²) in [5.74, 6) is 1.43. The minimum atomic E-state index is 0.621. The molecular weight excluding hydrogens is 262 g/mol. The lowest BCUT2D eigenvalue weighted by atomic mass is 10.1. The summed E-state index contributed by atoms with van der Waals surface area (Å²) in [5.41, 5.74) is 9.56. The molecule has 4 heteroatoms. The topological polar surface area (TPSA) is 51.4 Å². The number of pyridine rings is 1. The molecule has 4 rings (SSSR count). The standard InChI is InChI=1S/C17H13N3O/c18-13-7-4-8-14-17(13)21-16-9-10-19-11-15(16)20(14)12-5-2-1-3-6-12/h1-11H,18H2. The third kappa shape index (κ3) is 1.80. The minimum absolute atomic E-state index is 0.621. The number of ether oxygens (including phenoxy) is 1. The zero-order valence-electron chi connectivity index (χ0n) is 11.2. The van der Waals surface area contributed by atoms with Gasteiger partial charge in [-0.3, -0.25) is 4.98 Å². The maximum Gasteiger partial charge on any atom is 0.174 e. The Morgan fingerprint density at radius 3 is 2.62 bits per heavy atom. The Balaban J connectivity index is 2.00. The summed E-state index contributed by atoms with van der Waals surface area (Å²) >= 11 is 0. The van der Waals surface area contributed by atoms with E-state index in [-0.39, 0.29) is 0 Å². The smallest absolute Gasteiger partial charge is 0.174 e. The van der Waals surface area contributed by atoms with Crippen LogP contribution in [0.5, 0.6) is 11.5 Å². The summed E-state index contributed by atoms with van der Waals surface area (Å²) < 4.78 is 5.95. The second-order valence-electron chi connectivity index (χ2n) is 4.81. The van der Waals surface area contributed by atoms with Crippen LogP contribution >= 0.6 is 0 Å². The number of nitrogens with zero attached hydrogens (tertiary/aromatic N) is 2. The van der Waals surface area contributed by atoms with Crippen molar-refractivity contribution in [1.29, 1.82) is 0 Å². The predicted molar refractivity (Wildman–Crippen MR) is 83.4 cm³/mol. The number of anilines is 4. The van der Waals surface area contributed by atoms with Crippen molar-refractivity contribution in [2.45, 2.75) is 0 Å². The molecule has 0 spiro atoms. The highest BCUT2D eigenvalue weighted by atomic mass is 16.5. The predicted octanol–water partition coefficient (Wildman–Crippen LogP) is 4.24. The Morgan fingerprint density at radius 2 is 1.76 bits per heavy atom. The molecule has 0 unspecified atom stereocenters. The van der Waals surface area contributed by atoms with Crippen LogP contribution in [0.1, 0.15) is 0 Å². The largest absolute Gasteiger partial charge is 0.451 e. The van der Waals surface area contributed by atoms with Gasteiger partial charge in [-0.15, -0.1) is 0 Å². The highest BCUT2D eigenvalue weighted by Crippen LogP contribution is 2.51. The fourth-order valence-corrected chi connectivity index (χ4v) is 2.55. The summed E-state index contributed by atoms with van der Waals surface area (Å²) in [6.07, 6.45) is 3.51. The van der Waals surface area contributed by atoms with E-state index < -0.39 is 0 Å². The molecular formula is C17H13N3O. The lowest BCUT2D eigenvalue weighted by Gasteiger charge is -2.32. The lowest BCUT2D eigenvalue weighted by molar-refractivity contribution is 0.478. The molecule has 4 nitrogen and oxygen atoms in total. The average Bonchev–Trinajstić information content (AvgIpc) is 2.54. The van der Waals surface area contributed by atoms with E-state index in [1.54, 1.807) is 12.4 Å². The number of para-hydroxylation sites is 2. The normalized spacial score (nSPS) is 12.3. The molecule has 1 aliphatic rings. The number of hydrogen-bond donors (Lipinski definition) is 1. The van der Waals surface area contributed by atoms with Gasteiger partial charge < -0.3 is 15.4 Å². The van der Waals surface area contributed by atoms with Gasteiger partial charge in [0.1, 0.15) is 5.69 Å². The molecule has 0 aliphatic carbocycles. The second kappa shape index (κ2) is 4.52. The van der Waals surface area contributed by atoms with Crippen LogP contribution in [0.25, 0.3) is 0 Å². The van der Waals surface area contributed by atoms with Gasteiger partial charge in [-0.05, 0) is 24.3 Å². The fourth-order valence-electron chi connectivity index (χ4n) is 2.55. The highest BCUT2D eigenvalue weighted by Gasteiger charge is 2.26. The van der Waals surface area contributed by atoms with Crippen molar-refractivity contribution < 1.29 is 4.74 Å². The number of nitrogens with two attached hydrogens (primary N) is 1. The van der Waals surface area contributed by atoms with Crippen molar-refractivity contribution in [3.8, 4) is 11.5 Å². The number of fused-ring (bicyclic) bond motifs is 2. The molecule has 0 bridgehead atoms. The number of hydrogen-bond acceptors (Lipinski definition) is 4. The van der Waals surface area contributed by atoms with Crippen LogP contribution in [-0.2, 0) is 0 Å². The summed E-state index contributed by atoms with van der Waals surface area (Å²) in [5, 5.41) is 0. The summed E-state index contributed by atoms with van der Waals surface area (Å²) in [7, 11) is 0. The number of nitrogen functional groups attached to an aromatic ring is 1. The molecule has 0 radical (unpaired) electrons. The van der Waals surface area contributed by atoms with E-state index in [4.69, 9.17) is 10.5 Å². The third-order valence-corrected chi connectivity index (χ3v) is 3.49. The molecule has 1 aromatic heterocycles. The maximum atomic E-state index is 6.07. The van der Waals surface area contributed by atoms with Crippen LogP contribution in [0, 0.1) is 0 Å². The Hall–Kier alpha value is -3.01. The molecule has 0 fully saturated rings. The van der Waals surface area contributed by atoms with Crippen molar-refractivity contribution in [3.63, 3.8) is 0 Å². The van der Waals surface area contributed by atoms with E-state index in [1.165, 1.54) is 0 Å². The Morgan fingerprint density at radius 1 is 0.905 bits per heavy atom. The van der Waals surface area contributed by atoms with E-state index in [2.05, 4.69) is 22.0 Å². The van der Waals surface area contributed by atoms with Gasteiger partial charge in [0.05, 0.1) is 17.6 Å². The SMILES string of the molecule is Nc1cccc2c1Oc1ccncc1N2c1ccccc1. The fraction of sp³-hybridized carbons (Fsp3) is 0. The quantitative estimate of drug-likeness (QED) is 0.528. The van der Waals surface area contributed by atoms with Gasteiger partial charge in [-0.25, -0.2) is 0 Å². The van der Waals surface area contributed by atoms with Crippen molar-refractivity contribution in [1.82, 2.24) is 4.98 Å². The number of benzene rings is 2. The first-order chi connectivity index (χ1) is 10.3. The van der Waals surface area contributed by atoms with Gasteiger partial charge in [-0.2, -0.15) is 0 Å². The van der Waals surface area contributed by atoms with Crippen molar-refractivity contribution >= 4 is 22.7 Å². The summed E-state index contributed by atoms with van der Waals surface area (Å²) in [6.45, 7) is 0. The lowest BCUT2D eigenvalue weighted by Crippen LogP contribution is -2.16. The molecule has 0 atom stereocenters. The van der Waals surface area contributed by atoms with Crippen molar-refractivity contribution in [3.05, 3.63) is 67.0 Å². The van der Waals surface area contributed by atoms with Crippen LogP contribution in [0.15, 0.2) is 67.0 Å². The minimum Gasteiger partial charge on any atom is -0.451 e. The average molecular weight is 275 g/mol. The van der Waals surface area contributed by atoms with E-state index >= 15 is 0 Å². The molecule has 2 aromatic carbocycles. The van der Waals surface area contributed by atoms with Gasteiger partial charge in [-0.1, -0.05) is 24.3 Å². The first kappa shape index (κ1) is 11.8. The summed E-state index contributed by atoms with van der Waals surface area (Å²) in [4.78, 5) is 6.32. The van der Waals surface area contributed by atoms with Crippen molar-refractivity contribution in [2.24, 2.45) is 0 Å². The van der Waals surface area contributed by atoms with Crippen LogP contribution in [-0.4, -0.2) is 4.98 Å². The van der Waals surface area contributed by atoms with Crippen LogP contribution in [0.2, 0.25) is 0 Å². The Labute approximate surface area is 122 Å². The van der Waals surface area contributed by atoms with Gasteiger partial charge in [0.2, 0.25) is 0 Å². The van der Waals surface area contributed by atoms with Crippen LogP contribution in [0.4, 0.5) is 22.7 Å². The zero-order valence-corrected chi connectivity index (χ0v) is 11.2. The van der Waals surface area contributed by atoms with Gasteiger partial charge in [0.25, 0.3) is 0 Å². The molecule has 2 heterocycles. The zero-order chi connectivity index (χ0) is 14.2. The highest BCUT2D eigenvalue weighted by molar-refractivity contribution is 5.88. The Bertz CT molecular complexity index is 802. The summed E-state index contributed by atoms with van der Waals surface area (Å²) in [6, 6.07) is 17.7. The van der Waals surface area contributed by atoms with Gasteiger partial charge in [0, 0.05) is 18.0 Å². The molecule has 21 heavy (non-hydrogen) atoms. The molecule has 2 N–H and O–H groups in total. The van der Waals surface area contributed by atoms with Gasteiger partial charge >= 0.3 is 0 Å². The number of rotatable bonds is 1. The van der Waals surface area contributed by atoms with E-state index in [0.29, 0.717) is 11.4 Å². The molecule has 3 aromatic rings. The van der Waals surface area contributed by atoms with Crippen LogP contribution in [0.3, 0.4) is 0 Å². The van der Waals surface area contributed by atoms with E-state index in [9.17, 15) is 0 Å². The second-order valence-corrected chi connectivity index (χ2v) is 4.81. The first-order valence-electron chi connectivity index (χ1n) is 6.70. The van der Waals surface area contributed by atoms with E-state index in [1.807, 2.05) is 42.5 Å². The van der Waals surface area contributed by atoms with Crippen LogP contribution < -0.4 is 15.4 Å². The van der Waals surface area contributed by atoms with Gasteiger partial charge in [0.15, 0.2) is 11.5 Å². The molecule has 0 saturated carbocycles. The number of aromatic nitrogens is 1. The molecule has 0 amide bonds. The molecule has 1 aliphatic heterocycles. The van der Waals surface area contributed by atoms with E-state index in [0.717, 1.165) is 22.8 Å². The third-order valence-electron chi connectivity index (χ3n) is 3.49. The maximum absolute atomic E-state index is 6.07. The Kier molecular flexibility index (Phi) is 2.54. The van der Waals surface area contributed by atoms with Crippen molar-refractivity contribution in [2.75, 3.05) is 10.6 Å². The molecule has 0 saturated heterocycles. The monoisotopic (exact) mass is 275 g/mol. The molecule has 102 valence electrons.